The summed E-state index contributed by atoms with van der Waals surface area (Å²) in [5.74, 6) is -1.27. The summed E-state index contributed by atoms with van der Waals surface area (Å²) in [4.78, 5) is 40.2. The van der Waals surface area contributed by atoms with Gasteiger partial charge >= 0.3 is 0 Å². The maximum Gasteiger partial charge on any atom is 0.220 e. The number of hydrogen-bond acceptors (Lipinski definition) is 15. The van der Waals surface area contributed by atoms with E-state index in [1.54, 1.807) is 36.9 Å². The second-order valence-electron chi connectivity index (χ2n) is 17.2. The number of anilines is 7. The van der Waals surface area contributed by atoms with E-state index in [1.165, 1.54) is 12.1 Å². The minimum Gasteiger partial charge on any atom is -0.378 e. The smallest absolute Gasteiger partial charge is 0.220 e. The number of nitrogen functional groups attached to an aromatic ring is 1. The van der Waals surface area contributed by atoms with E-state index in [1.807, 2.05) is 63.2 Å². The van der Waals surface area contributed by atoms with Crippen LogP contribution in [-0.4, -0.2) is 92.5 Å². The molecule has 20 heteroatoms. The highest BCUT2D eigenvalue weighted by atomic mass is 79.9. The number of nitrogens with one attached hydrogen (secondary N) is 2. The van der Waals surface area contributed by atoms with Crippen LogP contribution in [0.25, 0.3) is 55.8 Å². The molecule has 73 heavy (non-hydrogen) atoms. The number of morpholine rings is 2. The van der Waals surface area contributed by atoms with Crippen LogP contribution in [0.1, 0.15) is 16.8 Å². The number of benzene rings is 2. The highest BCUT2D eigenvalue weighted by Crippen LogP contribution is 2.41. The standard InChI is InChI=1S/C29H26F2N8O.C24H20BrF2N5O/c1-16-11-22(38-29(32)35-16)18-12-24(28(34-15-18)39-7-9-40-10-8-39)37-27-17(2)26(21-5-3-4-6-33-21)36-23-14-19(30)13-20(31)25(23)27;1-14-22(18-4-2-3-5-28-18)30-19-12-16(26)11-17(27)21(19)23(14)31-20-10-15(25)13-29-24(20)32-6-8-33-9-7-32/h3-6,11-15H,7-10H2,1-2H3,(H,36,37)(H2,32,35,38);2-5,10-13H,6-9H2,1H3,(H,30,31). The molecule has 4 N–H and O–H groups in total. The van der Waals surface area contributed by atoms with Crippen LogP contribution in [0.5, 0.6) is 0 Å². The van der Waals surface area contributed by atoms with Crippen LogP contribution in [0.3, 0.4) is 0 Å². The van der Waals surface area contributed by atoms with Crippen molar-refractivity contribution in [2.24, 2.45) is 0 Å². The van der Waals surface area contributed by atoms with E-state index in [0.29, 0.717) is 132 Å². The predicted molar refractivity (Wildman–Crippen MR) is 278 cm³/mol. The van der Waals surface area contributed by atoms with Gasteiger partial charge in [0.05, 0.1) is 99.5 Å². The first-order chi connectivity index (χ1) is 35.4. The molecule has 0 spiro atoms. The Kier molecular flexibility index (Phi) is 14.0. The third-order valence-corrected chi connectivity index (χ3v) is 12.7. The van der Waals surface area contributed by atoms with E-state index in [-0.39, 0.29) is 27.8 Å². The molecule has 2 aliphatic rings. The fraction of sp³-hybridized carbons (Fsp3) is 0.208. The summed E-state index contributed by atoms with van der Waals surface area (Å²) in [6.07, 6.45) is 6.76. The number of nitrogens with zero attached hydrogens (tertiary/aromatic N) is 10. The summed E-state index contributed by atoms with van der Waals surface area (Å²) in [6, 6.07) is 20.7. The molecule has 0 unspecified atom stereocenters. The molecule has 370 valence electrons. The Morgan fingerprint density at radius 2 is 1.05 bits per heavy atom. The Labute approximate surface area is 425 Å². The van der Waals surface area contributed by atoms with Crippen molar-refractivity contribution in [2.45, 2.75) is 20.8 Å². The number of ether oxygens (including phenoxy) is 2. The number of nitrogens with two attached hydrogens (primary N) is 1. The summed E-state index contributed by atoms with van der Waals surface area (Å²) < 4.78 is 70.7. The van der Waals surface area contributed by atoms with Crippen LogP contribution < -0.4 is 26.2 Å². The SMILES string of the molecule is Cc1c(-c2ccccn2)nc2cc(F)cc(F)c2c1Nc1cc(Br)cnc1N1CCOCC1.Cc1cc(-c2cnc(N3CCOCC3)c(Nc3c(C)c(-c4ccccn4)nc4cc(F)cc(F)c34)c2)nc(N)n1. The largest absolute Gasteiger partial charge is 0.378 e. The maximum absolute atomic E-state index is 15.4. The van der Waals surface area contributed by atoms with E-state index in [0.717, 1.165) is 22.4 Å². The first kappa shape index (κ1) is 48.7. The van der Waals surface area contributed by atoms with Crippen LogP contribution in [0, 0.1) is 44.0 Å². The Hall–Kier alpha value is -7.94. The van der Waals surface area contributed by atoms with Crippen LogP contribution in [0.2, 0.25) is 0 Å². The number of hydrogen-bond donors (Lipinski definition) is 3. The zero-order valence-corrected chi connectivity index (χ0v) is 41.3. The van der Waals surface area contributed by atoms with Gasteiger partial charge in [-0.15, -0.1) is 0 Å². The minimum absolute atomic E-state index is 0.154. The van der Waals surface area contributed by atoms with E-state index >= 15 is 8.78 Å². The van der Waals surface area contributed by atoms with Crippen molar-refractivity contribution in [1.82, 2.24) is 39.9 Å². The molecule has 0 atom stereocenters. The molecule has 2 fully saturated rings. The van der Waals surface area contributed by atoms with Gasteiger partial charge in [0.15, 0.2) is 11.6 Å². The quantitative estimate of drug-likeness (QED) is 0.116. The van der Waals surface area contributed by atoms with Gasteiger partial charge < -0.3 is 35.6 Å². The molecule has 0 amide bonds. The van der Waals surface area contributed by atoms with Gasteiger partial charge in [-0.05, 0) is 79.2 Å². The molecular formula is C53H46BrF4N13O2. The Morgan fingerprint density at radius 3 is 1.53 bits per heavy atom. The van der Waals surface area contributed by atoms with Gasteiger partial charge in [0.2, 0.25) is 5.95 Å². The number of rotatable bonds is 9. The molecule has 9 aromatic rings. The monoisotopic (exact) mass is 1050 g/mol. The third kappa shape index (κ3) is 10.4. The number of fused-ring (bicyclic) bond motifs is 2. The summed E-state index contributed by atoms with van der Waals surface area (Å²) in [5, 5.41) is 7.20. The summed E-state index contributed by atoms with van der Waals surface area (Å²) in [6.45, 7) is 10.5. The van der Waals surface area contributed by atoms with Crippen molar-refractivity contribution >= 4 is 78.1 Å². The Balaban J connectivity index is 0.000000171. The highest BCUT2D eigenvalue weighted by molar-refractivity contribution is 9.10. The molecule has 0 saturated carbocycles. The zero-order valence-electron chi connectivity index (χ0n) is 39.7. The average Bonchev–Trinajstić information content (AvgIpc) is 3.38. The second kappa shape index (κ2) is 21.0. The van der Waals surface area contributed by atoms with Crippen LogP contribution in [0.4, 0.5) is 57.9 Å². The molecule has 2 aromatic carbocycles. The Bertz CT molecular complexity index is 3490. The van der Waals surface area contributed by atoms with Crippen LogP contribution in [-0.2, 0) is 9.47 Å². The fourth-order valence-electron chi connectivity index (χ4n) is 8.91. The number of pyridine rings is 6. The first-order valence-electron chi connectivity index (χ1n) is 23.3. The van der Waals surface area contributed by atoms with E-state index in [2.05, 4.69) is 71.3 Å². The van der Waals surface area contributed by atoms with Crippen molar-refractivity contribution in [3.8, 4) is 34.0 Å². The van der Waals surface area contributed by atoms with Gasteiger partial charge in [0, 0.05) is 102 Å². The van der Waals surface area contributed by atoms with Crippen molar-refractivity contribution in [3.05, 3.63) is 148 Å². The minimum atomic E-state index is -0.725. The number of halogens is 5. The van der Waals surface area contributed by atoms with Crippen molar-refractivity contribution < 1.29 is 27.0 Å². The van der Waals surface area contributed by atoms with Gasteiger partial charge in [-0.1, -0.05) is 12.1 Å². The molecule has 9 heterocycles. The lowest BCUT2D eigenvalue weighted by atomic mass is 10.0. The van der Waals surface area contributed by atoms with Crippen molar-refractivity contribution in [2.75, 3.05) is 78.8 Å². The molecule has 0 aliphatic carbocycles. The molecule has 0 radical (unpaired) electrons. The molecule has 2 aliphatic heterocycles. The maximum atomic E-state index is 15.4. The Morgan fingerprint density at radius 1 is 0.562 bits per heavy atom. The highest BCUT2D eigenvalue weighted by Gasteiger charge is 2.25. The van der Waals surface area contributed by atoms with Crippen LogP contribution >= 0.6 is 15.9 Å². The van der Waals surface area contributed by atoms with Gasteiger partial charge in [-0.2, -0.15) is 0 Å². The summed E-state index contributed by atoms with van der Waals surface area (Å²) in [7, 11) is 0. The molecular weight excluding hydrogens is 1010 g/mol. The van der Waals surface area contributed by atoms with Gasteiger partial charge in [0.25, 0.3) is 0 Å². The van der Waals surface area contributed by atoms with E-state index in [9.17, 15) is 8.78 Å². The fourth-order valence-corrected chi connectivity index (χ4v) is 9.24. The molecule has 7 aromatic heterocycles. The predicted octanol–water partition coefficient (Wildman–Crippen LogP) is 10.8. The van der Waals surface area contributed by atoms with Crippen molar-refractivity contribution in [1.29, 1.82) is 0 Å². The lowest BCUT2D eigenvalue weighted by Gasteiger charge is -2.30. The number of aromatic nitrogens is 8. The zero-order chi connectivity index (χ0) is 50.8. The normalized spacial score (nSPS) is 13.8. The summed E-state index contributed by atoms with van der Waals surface area (Å²) >= 11 is 3.49. The lowest BCUT2D eigenvalue weighted by molar-refractivity contribution is 0.122. The van der Waals surface area contributed by atoms with Gasteiger partial charge in [0.1, 0.15) is 23.3 Å². The van der Waals surface area contributed by atoms with Crippen molar-refractivity contribution in [3.63, 3.8) is 0 Å². The number of aryl methyl sites for hydroxylation is 1. The molecule has 15 nitrogen and oxygen atoms in total. The molecule has 0 bridgehead atoms. The van der Waals surface area contributed by atoms with E-state index < -0.39 is 23.3 Å². The van der Waals surface area contributed by atoms with Gasteiger partial charge in [-0.25, -0.2) is 47.5 Å². The topological polar surface area (TPSA) is 178 Å². The summed E-state index contributed by atoms with van der Waals surface area (Å²) in [5.41, 5.74) is 14.2. The third-order valence-electron chi connectivity index (χ3n) is 12.3. The van der Waals surface area contributed by atoms with Crippen LogP contribution in [0.15, 0.2) is 108 Å². The van der Waals surface area contributed by atoms with E-state index in [4.69, 9.17) is 20.2 Å². The van der Waals surface area contributed by atoms with Gasteiger partial charge in [-0.3, -0.25) is 9.97 Å². The second-order valence-corrected chi connectivity index (χ2v) is 18.2. The molecule has 2 saturated heterocycles. The average molecular weight is 1050 g/mol. The molecule has 11 rings (SSSR count). The first-order valence-corrected chi connectivity index (χ1v) is 24.1. The lowest BCUT2D eigenvalue weighted by Crippen LogP contribution is -2.37.